The van der Waals surface area contributed by atoms with E-state index in [0.29, 0.717) is 5.76 Å². The van der Waals surface area contributed by atoms with E-state index in [-0.39, 0.29) is 30.4 Å². The van der Waals surface area contributed by atoms with E-state index < -0.39 is 4.92 Å². The highest BCUT2D eigenvalue weighted by atomic mass is 16.6. The zero-order chi connectivity index (χ0) is 24.2. The minimum atomic E-state index is -0.520. The van der Waals surface area contributed by atoms with E-state index in [1.165, 1.54) is 10.9 Å². The summed E-state index contributed by atoms with van der Waals surface area (Å²) in [4.78, 5) is 23.1. The quantitative estimate of drug-likeness (QED) is 0.269. The number of hydrogen-bond acceptors (Lipinski definition) is 6. The summed E-state index contributed by atoms with van der Waals surface area (Å²) < 4.78 is 8.80. The van der Waals surface area contributed by atoms with Crippen molar-refractivity contribution in [1.29, 1.82) is 0 Å². The van der Waals surface area contributed by atoms with Gasteiger partial charge in [0.2, 0.25) is 0 Å². The Labute approximate surface area is 199 Å². The van der Waals surface area contributed by atoms with Gasteiger partial charge in [0.25, 0.3) is 5.91 Å². The summed E-state index contributed by atoms with van der Waals surface area (Å²) in [5.41, 5.74) is 3.37. The van der Waals surface area contributed by atoms with Crippen molar-refractivity contribution in [3.8, 4) is 16.9 Å². The number of amides is 1. The number of furan rings is 1. The normalized spacial score (nSPS) is 10.9. The summed E-state index contributed by atoms with van der Waals surface area (Å²) in [6.45, 7) is 0.417. The van der Waals surface area contributed by atoms with Crippen molar-refractivity contribution < 1.29 is 14.1 Å². The highest BCUT2D eigenvalue weighted by Crippen LogP contribution is 2.24. The third-order valence-corrected chi connectivity index (χ3v) is 5.33. The van der Waals surface area contributed by atoms with E-state index in [2.05, 4.69) is 10.4 Å². The van der Waals surface area contributed by atoms with Crippen LogP contribution >= 0.6 is 0 Å². The second-order valence-electron chi connectivity index (χ2n) is 7.75. The number of benzene rings is 2. The number of nitrogens with zero attached hydrogens (tertiary/aromatic N) is 5. The molecule has 3 heterocycles. The van der Waals surface area contributed by atoms with Gasteiger partial charge in [0.1, 0.15) is 18.2 Å². The highest BCUT2D eigenvalue weighted by Gasteiger charge is 2.16. The molecule has 0 radical (unpaired) electrons. The van der Waals surface area contributed by atoms with Crippen LogP contribution in [0.3, 0.4) is 0 Å². The SMILES string of the molecule is O=C(NCc1cn(-c2ccccc2)nc1-c1ccccc1)c1ccc(Cn2cc([N+](=O)[O-])cn2)o1. The molecular weight excluding hydrogens is 448 g/mol. The number of carbonyl (C=O) groups excluding carboxylic acids is 1. The smallest absolute Gasteiger partial charge is 0.307 e. The third kappa shape index (κ3) is 4.86. The van der Waals surface area contributed by atoms with Crippen LogP contribution in [0, 0.1) is 10.1 Å². The molecule has 3 aromatic heterocycles. The lowest BCUT2D eigenvalue weighted by atomic mass is 10.1. The minimum Gasteiger partial charge on any atom is -0.454 e. The molecule has 5 aromatic rings. The summed E-state index contributed by atoms with van der Waals surface area (Å²) >= 11 is 0. The van der Waals surface area contributed by atoms with Gasteiger partial charge in [-0.15, -0.1) is 0 Å². The van der Waals surface area contributed by atoms with Gasteiger partial charge >= 0.3 is 5.69 Å². The summed E-state index contributed by atoms with van der Waals surface area (Å²) in [7, 11) is 0. The fraction of sp³-hybridized carbons (Fsp3) is 0.0800. The van der Waals surface area contributed by atoms with Gasteiger partial charge in [-0.25, -0.2) is 4.68 Å². The van der Waals surface area contributed by atoms with Crippen LogP contribution in [0.1, 0.15) is 21.9 Å². The van der Waals surface area contributed by atoms with Crippen LogP contribution in [0.2, 0.25) is 0 Å². The zero-order valence-electron chi connectivity index (χ0n) is 18.4. The molecule has 174 valence electrons. The second-order valence-corrected chi connectivity index (χ2v) is 7.75. The Kier molecular flexibility index (Phi) is 5.91. The third-order valence-electron chi connectivity index (χ3n) is 5.33. The van der Waals surface area contributed by atoms with E-state index in [0.717, 1.165) is 28.7 Å². The molecule has 0 atom stereocenters. The zero-order valence-corrected chi connectivity index (χ0v) is 18.4. The number of para-hydroxylation sites is 1. The first kappa shape index (κ1) is 21.8. The topological polar surface area (TPSA) is 121 Å². The van der Waals surface area contributed by atoms with Crippen molar-refractivity contribution in [2.24, 2.45) is 0 Å². The van der Waals surface area contributed by atoms with E-state index in [4.69, 9.17) is 9.52 Å². The lowest BCUT2D eigenvalue weighted by molar-refractivity contribution is -0.385. The monoisotopic (exact) mass is 468 g/mol. The largest absolute Gasteiger partial charge is 0.454 e. The predicted molar refractivity (Wildman–Crippen MR) is 127 cm³/mol. The number of hydrogen-bond donors (Lipinski definition) is 1. The van der Waals surface area contributed by atoms with Crippen molar-refractivity contribution in [1.82, 2.24) is 24.9 Å². The Balaban J connectivity index is 1.31. The molecule has 0 fully saturated rings. The average molecular weight is 468 g/mol. The average Bonchev–Trinajstić information content (AvgIpc) is 3.64. The number of carbonyl (C=O) groups is 1. The molecule has 0 bridgehead atoms. The molecule has 1 amide bonds. The number of nitro groups is 1. The summed E-state index contributed by atoms with van der Waals surface area (Å²) in [6, 6.07) is 22.7. The van der Waals surface area contributed by atoms with Crippen molar-refractivity contribution in [3.63, 3.8) is 0 Å². The molecule has 5 rings (SSSR count). The van der Waals surface area contributed by atoms with Crippen molar-refractivity contribution in [3.05, 3.63) is 119 Å². The van der Waals surface area contributed by atoms with Gasteiger partial charge < -0.3 is 9.73 Å². The van der Waals surface area contributed by atoms with E-state index in [9.17, 15) is 14.9 Å². The van der Waals surface area contributed by atoms with Crippen LogP contribution in [0.4, 0.5) is 5.69 Å². The molecule has 0 unspecified atom stereocenters. The van der Waals surface area contributed by atoms with Crippen LogP contribution in [-0.2, 0) is 13.1 Å². The molecule has 0 spiro atoms. The summed E-state index contributed by atoms with van der Waals surface area (Å²) in [5, 5.41) is 22.4. The van der Waals surface area contributed by atoms with Crippen molar-refractivity contribution >= 4 is 11.6 Å². The predicted octanol–water partition coefficient (Wildman–Crippen LogP) is 4.22. The molecule has 1 N–H and O–H groups in total. The van der Waals surface area contributed by atoms with Crippen LogP contribution in [-0.4, -0.2) is 30.4 Å². The first-order valence-electron chi connectivity index (χ1n) is 10.8. The van der Waals surface area contributed by atoms with Gasteiger partial charge in [-0.2, -0.15) is 10.2 Å². The molecular formula is C25H20N6O4. The summed E-state index contributed by atoms with van der Waals surface area (Å²) in [6.07, 6.45) is 4.37. The van der Waals surface area contributed by atoms with E-state index >= 15 is 0 Å². The van der Waals surface area contributed by atoms with Crippen LogP contribution in [0.5, 0.6) is 0 Å². The van der Waals surface area contributed by atoms with Gasteiger partial charge in [0.15, 0.2) is 5.76 Å². The van der Waals surface area contributed by atoms with Crippen LogP contribution < -0.4 is 5.32 Å². The number of nitrogens with one attached hydrogen (secondary N) is 1. The Hall–Kier alpha value is -4.99. The first-order chi connectivity index (χ1) is 17.1. The van der Waals surface area contributed by atoms with E-state index in [1.807, 2.05) is 66.9 Å². The lowest BCUT2D eigenvalue weighted by Gasteiger charge is -2.04. The molecule has 10 nitrogen and oxygen atoms in total. The maximum absolute atomic E-state index is 12.8. The van der Waals surface area contributed by atoms with Crippen molar-refractivity contribution in [2.75, 3.05) is 0 Å². The van der Waals surface area contributed by atoms with E-state index in [1.54, 1.807) is 16.8 Å². The van der Waals surface area contributed by atoms with Gasteiger partial charge in [0.05, 0.1) is 22.8 Å². The maximum atomic E-state index is 12.8. The number of aromatic nitrogens is 4. The first-order valence-corrected chi connectivity index (χ1v) is 10.8. The second kappa shape index (κ2) is 9.48. The molecule has 0 aliphatic carbocycles. The lowest BCUT2D eigenvalue weighted by Crippen LogP contribution is -2.22. The van der Waals surface area contributed by atoms with Crippen LogP contribution in [0.15, 0.2) is 95.8 Å². The Morgan fingerprint density at radius 3 is 2.46 bits per heavy atom. The molecule has 0 saturated heterocycles. The minimum absolute atomic E-state index is 0.111. The fourth-order valence-corrected chi connectivity index (χ4v) is 3.63. The van der Waals surface area contributed by atoms with Gasteiger partial charge in [-0.05, 0) is 24.3 Å². The Morgan fingerprint density at radius 2 is 1.74 bits per heavy atom. The Bertz CT molecular complexity index is 1470. The van der Waals surface area contributed by atoms with Crippen molar-refractivity contribution in [2.45, 2.75) is 13.1 Å². The van der Waals surface area contributed by atoms with Gasteiger partial charge in [-0.3, -0.25) is 19.6 Å². The standard InChI is InChI=1S/C25H20N6O4/c32-25(23-12-11-22(35-23)17-29-16-21(14-27-29)31(33)34)26-13-19-15-30(20-9-5-2-6-10-20)28-24(19)18-7-3-1-4-8-18/h1-12,14-16H,13,17H2,(H,26,32). The molecule has 0 aliphatic heterocycles. The maximum Gasteiger partial charge on any atom is 0.307 e. The molecule has 10 heteroatoms. The molecule has 0 aliphatic rings. The Morgan fingerprint density at radius 1 is 1.00 bits per heavy atom. The fourth-order valence-electron chi connectivity index (χ4n) is 3.63. The van der Waals surface area contributed by atoms with Gasteiger partial charge in [-0.1, -0.05) is 48.5 Å². The highest BCUT2D eigenvalue weighted by molar-refractivity contribution is 5.91. The van der Waals surface area contributed by atoms with Gasteiger partial charge in [0, 0.05) is 23.9 Å². The molecule has 35 heavy (non-hydrogen) atoms. The van der Waals surface area contributed by atoms with Crippen LogP contribution in [0.25, 0.3) is 16.9 Å². The number of rotatable bonds is 8. The molecule has 2 aromatic carbocycles. The molecule has 0 saturated carbocycles. The summed E-state index contributed by atoms with van der Waals surface area (Å²) in [5.74, 6) is 0.211.